The summed E-state index contributed by atoms with van der Waals surface area (Å²) >= 11 is 0. The molecule has 1 spiro atoms. The SMILES string of the molecule is CNC(=O)Nc1ccc2c(c1)CC[C@@]21OC(=O)N(CC(=O)N2Cc3cc(F)ccc3OC[C@H]2C(F)(F)F)C1=O. The van der Waals surface area contributed by atoms with Crippen LogP contribution in [0.15, 0.2) is 36.4 Å². The summed E-state index contributed by atoms with van der Waals surface area (Å²) < 4.78 is 66.1. The van der Waals surface area contributed by atoms with Crippen LogP contribution in [0.3, 0.4) is 0 Å². The molecule has 1 aliphatic carbocycles. The van der Waals surface area contributed by atoms with Crippen molar-refractivity contribution in [3.05, 3.63) is 58.9 Å². The molecule has 0 radical (unpaired) electrons. The number of carbonyl (C=O) groups excluding carboxylic acids is 4. The number of amides is 5. The second kappa shape index (κ2) is 9.43. The van der Waals surface area contributed by atoms with Crippen molar-refractivity contribution in [1.82, 2.24) is 15.1 Å². The first kappa shape index (κ1) is 26.3. The number of ether oxygens (including phenoxy) is 2. The number of alkyl halides is 3. The van der Waals surface area contributed by atoms with Crippen LogP contribution in [0.2, 0.25) is 0 Å². The number of rotatable bonds is 3. The lowest BCUT2D eigenvalue weighted by Gasteiger charge is -2.31. The lowest BCUT2D eigenvalue weighted by Crippen LogP contribution is -2.53. The molecule has 2 N–H and O–H groups in total. The molecule has 0 bridgehead atoms. The summed E-state index contributed by atoms with van der Waals surface area (Å²) in [6, 6.07) is 4.94. The van der Waals surface area contributed by atoms with Gasteiger partial charge in [0.25, 0.3) is 5.91 Å². The average Bonchev–Trinajstić information content (AvgIpc) is 3.25. The molecule has 14 heteroatoms. The van der Waals surface area contributed by atoms with Crippen molar-refractivity contribution in [2.45, 2.75) is 37.2 Å². The van der Waals surface area contributed by atoms with Crippen molar-refractivity contribution in [3.8, 4) is 5.75 Å². The van der Waals surface area contributed by atoms with E-state index in [0.717, 1.165) is 12.1 Å². The number of hydrogen-bond donors (Lipinski definition) is 2. The Kier molecular flexibility index (Phi) is 6.35. The molecule has 5 rings (SSSR count). The average molecular weight is 550 g/mol. The minimum Gasteiger partial charge on any atom is -0.491 e. The fraction of sp³-hybridized carbons (Fsp3) is 0.360. The molecule has 2 aromatic carbocycles. The van der Waals surface area contributed by atoms with Crippen molar-refractivity contribution >= 4 is 29.6 Å². The van der Waals surface area contributed by atoms with Gasteiger partial charge in [0.1, 0.15) is 24.7 Å². The molecule has 0 aromatic heterocycles. The highest BCUT2D eigenvalue weighted by Gasteiger charge is 2.59. The standard InChI is InChI=1S/C25H22F4N4O6/c1-30-22(36)31-16-3-4-17-13(9-16)6-7-24(17)21(35)33(23(37)39-24)11-20(34)32-10-14-8-15(26)2-5-18(14)38-12-19(32)25(27,28)29/h2-5,8-9,19H,6-7,10-12H2,1H3,(H2,30,31,36)/t19-,24+/m0/s1. The number of anilines is 1. The van der Waals surface area contributed by atoms with Crippen LogP contribution in [0, 0.1) is 5.82 Å². The molecule has 2 aromatic rings. The number of benzene rings is 2. The Balaban J connectivity index is 1.39. The van der Waals surface area contributed by atoms with E-state index in [9.17, 15) is 36.7 Å². The zero-order valence-electron chi connectivity index (χ0n) is 20.4. The molecular formula is C25H22F4N4O6. The lowest BCUT2D eigenvalue weighted by atomic mass is 9.94. The van der Waals surface area contributed by atoms with Gasteiger partial charge < -0.3 is 25.0 Å². The van der Waals surface area contributed by atoms with E-state index in [1.54, 1.807) is 6.07 Å². The second-order valence-corrected chi connectivity index (χ2v) is 9.30. The number of imide groups is 1. The highest BCUT2D eigenvalue weighted by Crippen LogP contribution is 2.46. The van der Waals surface area contributed by atoms with E-state index >= 15 is 0 Å². The number of nitrogens with one attached hydrogen (secondary N) is 2. The molecule has 2 aliphatic heterocycles. The minimum absolute atomic E-state index is 0.00721. The van der Waals surface area contributed by atoms with Gasteiger partial charge in [-0.1, -0.05) is 6.07 Å². The summed E-state index contributed by atoms with van der Waals surface area (Å²) in [6.07, 6.45) is -5.72. The minimum atomic E-state index is -4.90. The maximum Gasteiger partial charge on any atom is 0.418 e. The van der Waals surface area contributed by atoms with Gasteiger partial charge in [0, 0.05) is 30.3 Å². The predicted octanol–water partition coefficient (Wildman–Crippen LogP) is 3.05. The number of nitrogens with zero attached hydrogens (tertiary/aromatic N) is 2. The van der Waals surface area contributed by atoms with E-state index in [-0.39, 0.29) is 17.7 Å². The molecule has 3 aliphatic rings. The molecule has 5 amide bonds. The Morgan fingerprint density at radius 3 is 2.62 bits per heavy atom. The number of urea groups is 1. The van der Waals surface area contributed by atoms with Gasteiger partial charge in [-0.25, -0.2) is 18.9 Å². The zero-order chi connectivity index (χ0) is 28.1. The van der Waals surface area contributed by atoms with E-state index in [1.165, 1.54) is 25.2 Å². The number of carbonyl (C=O) groups is 4. The van der Waals surface area contributed by atoms with Crippen molar-refractivity contribution in [2.75, 3.05) is 25.5 Å². The first-order valence-corrected chi connectivity index (χ1v) is 11.9. The summed E-state index contributed by atoms with van der Waals surface area (Å²) in [5.41, 5.74) is -0.308. The van der Waals surface area contributed by atoms with Crippen LogP contribution in [0.1, 0.15) is 23.1 Å². The molecule has 2 heterocycles. The largest absolute Gasteiger partial charge is 0.491 e. The number of aryl methyl sites for hydroxylation is 1. The Morgan fingerprint density at radius 1 is 1.13 bits per heavy atom. The van der Waals surface area contributed by atoms with Gasteiger partial charge >= 0.3 is 18.3 Å². The number of fused-ring (bicyclic) bond motifs is 3. The van der Waals surface area contributed by atoms with Gasteiger partial charge in [-0.2, -0.15) is 13.2 Å². The summed E-state index contributed by atoms with van der Waals surface area (Å²) in [6.45, 7) is -2.61. The van der Waals surface area contributed by atoms with E-state index in [1.807, 2.05) is 0 Å². The fourth-order valence-corrected chi connectivity index (χ4v) is 5.05. The predicted molar refractivity (Wildman–Crippen MR) is 125 cm³/mol. The topological polar surface area (TPSA) is 117 Å². The summed E-state index contributed by atoms with van der Waals surface area (Å²) in [4.78, 5) is 51.9. The van der Waals surface area contributed by atoms with Crippen molar-refractivity contribution in [2.24, 2.45) is 0 Å². The molecule has 206 valence electrons. The zero-order valence-corrected chi connectivity index (χ0v) is 20.4. The molecule has 2 atom stereocenters. The van der Waals surface area contributed by atoms with Crippen molar-refractivity contribution in [3.63, 3.8) is 0 Å². The maximum atomic E-state index is 13.9. The van der Waals surface area contributed by atoms with Crippen LogP contribution in [-0.4, -0.2) is 66.2 Å². The van der Waals surface area contributed by atoms with Gasteiger partial charge in [0.15, 0.2) is 6.04 Å². The molecule has 10 nitrogen and oxygen atoms in total. The summed E-state index contributed by atoms with van der Waals surface area (Å²) in [5.74, 6) is -2.81. The highest BCUT2D eigenvalue weighted by atomic mass is 19.4. The van der Waals surface area contributed by atoms with Gasteiger partial charge in [0.05, 0.1) is 6.54 Å². The monoisotopic (exact) mass is 550 g/mol. The van der Waals surface area contributed by atoms with Crippen LogP contribution in [0.25, 0.3) is 0 Å². The summed E-state index contributed by atoms with van der Waals surface area (Å²) in [5, 5.41) is 5.00. The molecular weight excluding hydrogens is 528 g/mol. The summed E-state index contributed by atoms with van der Waals surface area (Å²) in [7, 11) is 1.44. The van der Waals surface area contributed by atoms with Crippen LogP contribution in [0.5, 0.6) is 5.75 Å². The van der Waals surface area contributed by atoms with E-state index in [2.05, 4.69) is 10.6 Å². The van der Waals surface area contributed by atoms with Crippen molar-refractivity contribution in [1.29, 1.82) is 0 Å². The quantitative estimate of drug-likeness (QED) is 0.568. The van der Waals surface area contributed by atoms with Gasteiger partial charge in [0.2, 0.25) is 11.5 Å². The molecule has 0 unspecified atom stereocenters. The fourth-order valence-electron chi connectivity index (χ4n) is 5.05. The molecule has 39 heavy (non-hydrogen) atoms. The number of halogens is 4. The lowest BCUT2D eigenvalue weighted by molar-refractivity contribution is -0.195. The first-order valence-electron chi connectivity index (χ1n) is 11.9. The van der Waals surface area contributed by atoms with E-state index < -0.39 is 67.3 Å². The first-order chi connectivity index (χ1) is 18.4. The van der Waals surface area contributed by atoms with Crippen molar-refractivity contribution < 1.29 is 46.2 Å². The molecule has 1 saturated heterocycles. The van der Waals surface area contributed by atoms with Crippen LogP contribution in [-0.2, 0) is 32.9 Å². The molecule has 1 fully saturated rings. The van der Waals surface area contributed by atoms with Gasteiger partial charge in [-0.3, -0.25) is 9.59 Å². The number of hydrogen-bond acceptors (Lipinski definition) is 6. The van der Waals surface area contributed by atoms with Crippen LogP contribution < -0.4 is 15.4 Å². The third kappa shape index (κ3) is 4.59. The third-order valence-electron chi connectivity index (χ3n) is 6.97. The van der Waals surface area contributed by atoms with E-state index in [0.29, 0.717) is 33.0 Å². The Morgan fingerprint density at radius 2 is 1.90 bits per heavy atom. The Hall–Kier alpha value is -4.36. The van der Waals surface area contributed by atoms with Gasteiger partial charge in [-0.05, 0) is 42.3 Å². The Bertz CT molecular complexity index is 1380. The smallest absolute Gasteiger partial charge is 0.418 e. The highest BCUT2D eigenvalue weighted by molar-refractivity contribution is 6.06. The normalized spacial score (nSPS) is 22.1. The van der Waals surface area contributed by atoms with Crippen LogP contribution >= 0.6 is 0 Å². The third-order valence-corrected chi connectivity index (χ3v) is 6.97. The second-order valence-electron chi connectivity index (χ2n) is 9.30. The van der Waals surface area contributed by atoms with Crippen LogP contribution in [0.4, 0.5) is 32.8 Å². The Labute approximate surface area is 218 Å². The van der Waals surface area contributed by atoms with E-state index in [4.69, 9.17) is 9.47 Å². The molecule has 0 saturated carbocycles. The maximum absolute atomic E-state index is 13.9. The van der Waals surface area contributed by atoms with Gasteiger partial charge in [-0.15, -0.1) is 0 Å².